The molecule has 3 amide bonds. The van der Waals surface area contributed by atoms with Gasteiger partial charge in [0.1, 0.15) is 23.3 Å². The monoisotopic (exact) mass is 650 g/mol. The number of nitrogens with two attached hydrogens (primary N) is 1. The molecule has 1 aliphatic carbocycles. The first-order chi connectivity index (χ1) is 21.7. The van der Waals surface area contributed by atoms with E-state index < -0.39 is 28.0 Å². The summed E-state index contributed by atoms with van der Waals surface area (Å²) in [6.07, 6.45) is 5.37. The number of imide groups is 1. The molecule has 1 aliphatic heterocycles. The smallest absolute Gasteiger partial charge is 0.341 e. The maximum Gasteiger partial charge on any atom is 0.341 e. The standard InChI is InChI=1S/C33H35ClN4O6S/c1-43-24-9-11-25(12-10-24)44-31-14-13-26(17-28(31)34)45(41,42)38-30(16-23-19-36-29-8-3-2-7-27(23)29)32(39)37(33(38)40)20-22-6-4-5-21(15-22)18-35/h2-3,7-14,17,19,21-22,30,36H,4-6,15-16,18,20,35H2,1H3. The molecule has 1 saturated heterocycles. The molecule has 0 spiro atoms. The van der Waals surface area contributed by atoms with Crippen molar-refractivity contribution in [2.45, 2.75) is 43.0 Å². The summed E-state index contributed by atoms with van der Waals surface area (Å²) >= 11 is 6.51. The van der Waals surface area contributed by atoms with Crippen molar-refractivity contribution in [3.63, 3.8) is 0 Å². The Hall–Kier alpha value is -4.06. The lowest BCUT2D eigenvalue weighted by Gasteiger charge is -2.30. The highest BCUT2D eigenvalue weighted by atomic mass is 35.5. The van der Waals surface area contributed by atoms with E-state index in [0.29, 0.717) is 24.0 Å². The van der Waals surface area contributed by atoms with Crippen LogP contribution in [0.1, 0.15) is 31.2 Å². The maximum absolute atomic E-state index is 14.2. The predicted molar refractivity (Wildman–Crippen MR) is 171 cm³/mol. The highest BCUT2D eigenvalue weighted by Crippen LogP contribution is 2.37. The number of hydrogen-bond donors (Lipinski definition) is 2. The first-order valence-electron chi connectivity index (χ1n) is 15.0. The number of ether oxygens (including phenoxy) is 2. The minimum Gasteiger partial charge on any atom is -0.497 e. The molecule has 3 unspecified atom stereocenters. The number of halogens is 1. The molecule has 0 radical (unpaired) electrons. The minimum absolute atomic E-state index is 0.0206. The lowest BCUT2D eigenvalue weighted by atomic mass is 9.81. The molecule has 10 nitrogen and oxygen atoms in total. The number of amides is 3. The Balaban J connectivity index is 1.32. The molecule has 2 heterocycles. The average molecular weight is 651 g/mol. The third-order valence-corrected chi connectivity index (χ3v) is 10.8. The largest absolute Gasteiger partial charge is 0.497 e. The quantitative estimate of drug-likeness (QED) is 0.203. The van der Waals surface area contributed by atoms with Crippen molar-refractivity contribution in [1.82, 2.24) is 14.2 Å². The summed E-state index contributed by atoms with van der Waals surface area (Å²) < 4.78 is 40.2. The molecule has 6 rings (SSSR count). The van der Waals surface area contributed by atoms with Crippen molar-refractivity contribution in [2.75, 3.05) is 20.2 Å². The summed E-state index contributed by atoms with van der Waals surface area (Å²) in [6, 6.07) is 16.3. The van der Waals surface area contributed by atoms with Crippen LogP contribution in [0.15, 0.2) is 77.8 Å². The molecule has 3 N–H and O–H groups in total. The van der Waals surface area contributed by atoms with Crippen molar-refractivity contribution in [3.8, 4) is 17.2 Å². The summed E-state index contributed by atoms with van der Waals surface area (Å²) in [5.74, 6) is 1.20. The van der Waals surface area contributed by atoms with Gasteiger partial charge in [-0.25, -0.2) is 17.5 Å². The van der Waals surface area contributed by atoms with Crippen molar-refractivity contribution in [1.29, 1.82) is 0 Å². The van der Waals surface area contributed by atoms with Gasteiger partial charge in [-0.15, -0.1) is 0 Å². The molecule has 1 saturated carbocycles. The third-order valence-electron chi connectivity index (χ3n) is 8.75. The SMILES string of the molecule is COc1ccc(Oc2ccc(S(=O)(=O)N3C(=O)N(CC4CCCC(CN)C4)C(=O)C3Cc3c[nH]c4ccccc34)cc2Cl)cc1. The summed E-state index contributed by atoms with van der Waals surface area (Å²) in [7, 11) is -2.94. The summed E-state index contributed by atoms with van der Waals surface area (Å²) in [6.45, 7) is 0.695. The average Bonchev–Trinajstić information content (AvgIpc) is 3.56. The molecule has 3 atom stereocenters. The van der Waals surface area contributed by atoms with Crippen molar-refractivity contribution in [3.05, 3.63) is 83.5 Å². The fourth-order valence-corrected chi connectivity index (χ4v) is 8.22. The van der Waals surface area contributed by atoms with E-state index in [2.05, 4.69) is 4.98 Å². The molecule has 2 fully saturated rings. The van der Waals surface area contributed by atoms with Crippen molar-refractivity contribution >= 4 is 44.5 Å². The predicted octanol–water partition coefficient (Wildman–Crippen LogP) is 5.95. The Morgan fingerprint density at radius 1 is 1.00 bits per heavy atom. The van der Waals surface area contributed by atoms with Crippen LogP contribution >= 0.6 is 11.6 Å². The molecule has 12 heteroatoms. The number of carbonyl (C=O) groups is 2. The number of aromatic amines is 1. The van der Waals surface area contributed by atoms with Gasteiger partial charge in [0.25, 0.3) is 15.9 Å². The van der Waals surface area contributed by atoms with Crippen LogP contribution in [-0.4, -0.2) is 60.8 Å². The zero-order valence-electron chi connectivity index (χ0n) is 24.8. The van der Waals surface area contributed by atoms with E-state index in [1.165, 1.54) is 18.2 Å². The van der Waals surface area contributed by atoms with Gasteiger partial charge in [-0.2, -0.15) is 0 Å². The molecular formula is C33H35ClN4O6S. The van der Waals surface area contributed by atoms with Gasteiger partial charge in [0.2, 0.25) is 0 Å². The van der Waals surface area contributed by atoms with E-state index in [9.17, 15) is 18.0 Å². The zero-order chi connectivity index (χ0) is 31.7. The lowest BCUT2D eigenvalue weighted by Crippen LogP contribution is -2.41. The number of rotatable bonds is 10. The van der Waals surface area contributed by atoms with Crippen molar-refractivity contribution < 1.29 is 27.5 Å². The Labute approximate surface area is 267 Å². The van der Waals surface area contributed by atoms with Crippen LogP contribution in [0.5, 0.6) is 17.2 Å². The number of para-hydroxylation sites is 1. The fraction of sp³-hybridized carbons (Fsp3) is 0.333. The van der Waals surface area contributed by atoms with Crippen LogP contribution in [0.4, 0.5) is 4.79 Å². The number of aromatic nitrogens is 1. The Morgan fingerprint density at radius 2 is 1.73 bits per heavy atom. The number of carbonyl (C=O) groups excluding carboxylic acids is 2. The van der Waals surface area contributed by atoms with Crippen LogP contribution in [0.25, 0.3) is 10.9 Å². The number of sulfonamides is 1. The first kappa shape index (κ1) is 30.9. The van der Waals surface area contributed by atoms with Gasteiger partial charge in [0, 0.05) is 30.1 Å². The second-order valence-corrected chi connectivity index (χ2v) is 13.8. The van der Waals surface area contributed by atoms with Gasteiger partial charge in [0.05, 0.1) is 17.0 Å². The highest BCUT2D eigenvalue weighted by molar-refractivity contribution is 7.89. The van der Waals surface area contributed by atoms with E-state index in [0.717, 1.165) is 51.4 Å². The Kier molecular flexibility index (Phi) is 8.76. The fourth-order valence-electron chi connectivity index (χ4n) is 6.39. The van der Waals surface area contributed by atoms with Gasteiger partial charge in [0.15, 0.2) is 0 Å². The molecule has 3 aromatic carbocycles. The molecule has 2 aliphatic rings. The summed E-state index contributed by atoms with van der Waals surface area (Å²) in [5, 5.41) is 0.889. The van der Waals surface area contributed by atoms with Gasteiger partial charge >= 0.3 is 6.03 Å². The molecule has 236 valence electrons. The summed E-state index contributed by atoms with van der Waals surface area (Å²) in [4.78, 5) is 32.0. The number of hydrogen-bond acceptors (Lipinski definition) is 7. The Morgan fingerprint density at radius 3 is 2.47 bits per heavy atom. The number of H-pyrrole nitrogens is 1. The number of benzene rings is 3. The number of urea groups is 1. The second-order valence-electron chi connectivity index (χ2n) is 11.6. The van der Waals surface area contributed by atoms with E-state index in [-0.39, 0.29) is 34.6 Å². The number of nitrogens with one attached hydrogen (secondary N) is 1. The molecule has 1 aromatic heterocycles. The number of nitrogens with zero attached hydrogens (tertiary/aromatic N) is 2. The van der Waals surface area contributed by atoms with Crippen LogP contribution < -0.4 is 15.2 Å². The van der Waals surface area contributed by atoms with Crippen LogP contribution in [-0.2, 0) is 21.2 Å². The summed E-state index contributed by atoms with van der Waals surface area (Å²) in [5.41, 5.74) is 7.52. The normalized spacial score (nSPS) is 20.6. The Bertz CT molecular complexity index is 1830. The van der Waals surface area contributed by atoms with Gasteiger partial charge in [-0.3, -0.25) is 9.69 Å². The van der Waals surface area contributed by atoms with E-state index in [1.54, 1.807) is 37.6 Å². The first-order valence-corrected chi connectivity index (χ1v) is 16.8. The molecule has 0 bridgehead atoms. The van der Waals surface area contributed by atoms with E-state index in [1.807, 2.05) is 24.3 Å². The van der Waals surface area contributed by atoms with E-state index in [4.69, 9.17) is 26.8 Å². The maximum atomic E-state index is 14.2. The van der Waals surface area contributed by atoms with Gasteiger partial charge < -0.3 is 20.2 Å². The van der Waals surface area contributed by atoms with Crippen molar-refractivity contribution in [2.24, 2.45) is 17.6 Å². The van der Waals surface area contributed by atoms with Crippen LogP contribution in [0.3, 0.4) is 0 Å². The minimum atomic E-state index is -4.50. The second kappa shape index (κ2) is 12.7. The number of methoxy groups -OCH3 is 1. The van der Waals surface area contributed by atoms with Crippen LogP contribution in [0.2, 0.25) is 5.02 Å². The molecule has 4 aromatic rings. The van der Waals surface area contributed by atoms with Gasteiger partial charge in [-0.05, 0) is 91.7 Å². The molecular weight excluding hydrogens is 616 g/mol. The topological polar surface area (TPSA) is 135 Å². The molecule has 45 heavy (non-hydrogen) atoms. The highest BCUT2D eigenvalue weighted by Gasteiger charge is 2.52. The van der Waals surface area contributed by atoms with E-state index >= 15 is 0 Å². The van der Waals surface area contributed by atoms with Crippen LogP contribution in [0, 0.1) is 11.8 Å². The van der Waals surface area contributed by atoms with Gasteiger partial charge in [-0.1, -0.05) is 36.2 Å². The zero-order valence-corrected chi connectivity index (χ0v) is 26.4. The third kappa shape index (κ3) is 6.12. The number of fused-ring (bicyclic) bond motifs is 1. The lowest BCUT2D eigenvalue weighted by molar-refractivity contribution is -0.128.